The Morgan fingerprint density at radius 2 is 1.77 bits per heavy atom. The molecule has 2 amide bonds. The minimum Gasteiger partial charge on any atom is -0.497 e. The minimum absolute atomic E-state index is 0.00765. The number of methoxy groups -OCH3 is 1. The van der Waals surface area contributed by atoms with Gasteiger partial charge < -0.3 is 10.1 Å². The van der Waals surface area contributed by atoms with Gasteiger partial charge >= 0.3 is 0 Å². The lowest BCUT2D eigenvalue weighted by Crippen LogP contribution is -2.42. The summed E-state index contributed by atoms with van der Waals surface area (Å²) in [4.78, 5) is 27.6. The van der Waals surface area contributed by atoms with Crippen LogP contribution in [-0.4, -0.2) is 48.7 Å². The van der Waals surface area contributed by atoms with Gasteiger partial charge in [-0.1, -0.05) is 42.6 Å². The number of amidine groups is 1. The van der Waals surface area contributed by atoms with Crippen molar-refractivity contribution in [2.75, 3.05) is 12.4 Å². The Kier molecular flexibility index (Phi) is 8.03. The summed E-state index contributed by atoms with van der Waals surface area (Å²) in [6.45, 7) is 0. The average Bonchev–Trinajstić information content (AvgIpc) is 3.13. The lowest BCUT2D eigenvalue weighted by Gasteiger charge is -2.30. The molecule has 1 aliphatic heterocycles. The zero-order chi connectivity index (χ0) is 25.0. The molecule has 186 valence electrons. The average molecular weight is 536 g/mol. The van der Waals surface area contributed by atoms with Crippen molar-refractivity contribution in [3.05, 3.63) is 53.6 Å². The molecule has 0 unspecified atom stereocenters. The fraction of sp³-hybridized carbons (Fsp3) is 0.375. The summed E-state index contributed by atoms with van der Waals surface area (Å²) >= 11 is 6.92. The Hall–Kier alpha value is -2.56. The quantitative estimate of drug-likeness (QED) is 0.551. The van der Waals surface area contributed by atoms with Gasteiger partial charge in [-0.2, -0.15) is 8.42 Å². The number of carbonyl (C=O) groups is 2. The highest BCUT2D eigenvalue weighted by molar-refractivity contribution is 8.16. The van der Waals surface area contributed by atoms with E-state index in [0.29, 0.717) is 16.5 Å². The number of carbonyl (C=O) groups excluding carboxylic acids is 2. The largest absolute Gasteiger partial charge is 0.497 e. The second-order valence-electron chi connectivity index (χ2n) is 8.39. The number of hydrogen-bond donors (Lipinski definition) is 1. The van der Waals surface area contributed by atoms with Crippen molar-refractivity contribution in [1.82, 2.24) is 4.90 Å². The van der Waals surface area contributed by atoms with E-state index in [1.54, 1.807) is 31.4 Å². The highest BCUT2D eigenvalue weighted by Gasteiger charge is 2.43. The maximum Gasteiger partial charge on any atom is 0.284 e. The number of rotatable bonds is 7. The van der Waals surface area contributed by atoms with E-state index in [0.717, 1.165) is 43.9 Å². The van der Waals surface area contributed by atoms with Crippen LogP contribution in [0.2, 0.25) is 5.02 Å². The number of nitrogens with zero attached hydrogens (tertiary/aromatic N) is 2. The van der Waals surface area contributed by atoms with E-state index in [-0.39, 0.29) is 34.3 Å². The smallest absolute Gasteiger partial charge is 0.284 e. The Balaban J connectivity index is 1.55. The molecule has 1 aliphatic carbocycles. The predicted octanol–water partition coefficient (Wildman–Crippen LogP) is 4.70. The van der Waals surface area contributed by atoms with E-state index < -0.39 is 15.3 Å². The molecule has 2 fully saturated rings. The van der Waals surface area contributed by atoms with Crippen molar-refractivity contribution in [3.63, 3.8) is 0 Å². The van der Waals surface area contributed by atoms with Gasteiger partial charge in [-0.25, -0.2) is 0 Å². The third-order valence-corrected chi connectivity index (χ3v) is 8.76. The molecule has 1 N–H and O–H groups in total. The minimum atomic E-state index is -4.06. The number of anilines is 1. The lowest BCUT2D eigenvalue weighted by atomic mass is 9.94. The number of amides is 2. The van der Waals surface area contributed by atoms with Crippen molar-refractivity contribution in [2.24, 2.45) is 4.40 Å². The van der Waals surface area contributed by atoms with E-state index >= 15 is 0 Å². The monoisotopic (exact) mass is 535 g/mol. The summed E-state index contributed by atoms with van der Waals surface area (Å²) in [5, 5.41) is 2.56. The van der Waals surface area contributed by atoms with E-state index in [4.69, 9.17) is 16.3 Å². The van der Waals surface area contributed by atoms with Crippen LogP contribution < -0.4 is 10.1 Å². The molecule has 0 spiro atoms. The van der Waals surface area contributed by atoms with Crippen LogP contribution in [0, 0.1) is 0 Å². The van der Waals surface area contributed by atoms with Gasteiger partial charge in [0.1, 0.15) is 11.0 Å². The fourth-order valence-electron chi connectivity index (χ4n) is 4.17. The number of thioether (sulfide) groups is 1. The molecule has 1 saturated carbocycles. The summed E-state index contributed by atoms with van der Waals surface area (Å²) in [7, 11) is -2.50. The zero-order valence-corrected chi connectivity index (χ0v) is 21.5. The third-order valence-electron chi connectivity index (χ3n) is 5.96. The molecule has 0 radical (unpaired) electrons. The van der Waals surface area contributed by atoms with Crippen LogP contribution in [-0.2, 0) is 19.6 Å². The Morgan fingerprint density at radius 3 is 2.40 bits per heavy atom. The van der Waals surface area contributed by atoms with E-state index in [1.165, 1.54) is 29.2 Å². The van der Waals surface area contributed by atoms with Gasteiger partial charge in [-0.15, -0.1) is 4.40 Å². The van der Waals surface area contributed by atoms with Gasteiger partial charge in [0, 0.05) is 23.2 Å². The van der Waals surface area contributed by atoms with Gasteiger partial charge in [0.25, 0.3) is 10.0 Å². The van der Waals surface area contributed by atoms with Crippen LogP contribution in [0.25, 0.3) is 0 Å². The topological polar surface area (TPSA) is 105 Å². The van der Waals surface area contributed by atoms with E-state index in [9.17, 15) is 18.0 Å². The number of halogens is 1. The molecule has 1 heterocycles. The number of nitrogens with one attached hydrogen (secondary N) is 1. The van der Waals surface area contributed by atoms with E-state index in [1.807, 2.05) is 0 Å². The number of sulfonamides is 1. The first-order valence-electron chi connectivity index (χ1n) is 11.3. The molecule has 2 aliphatic rings. The molecule has 1 atom stereocenters. The molecule has 0 bridgehead atoms. The molecule has 0 aromatic heterocycles. The standard InChI is InChI=1S/C24H26ClN3O5S2/c1-33-19-11-9-17(10-12-19)26-22(29)15-21-23(30)28(18-5-3-2-4-6-18)24(34-21)27-35(31,32)20-13-7-16(25)8-14-20/h7-14,18,21H,2-6,15H2,1H3,(H,26,29)/t21-/m0/s1. The van der Waals surface area contributed by atoms with Crippen molar-refractivity contribution in [2.45, 2.75) is 54.7 Å². The lowest BCUT2D eigenvalue weighted by molar-refractivity contribution is -0.130. The summed E-state index contributed by atoms with van der Waals surface area (Å²) in [5.74, 6) is 0.0404. The van der Waals surface area contributed by atoms with Gasteiger partial charge in [0.05, 0.1) is 12.0 Å². The van der Waals surface area contributed by atoms with Gasteiger partial charge in [-0.05, 0) is 61.4 Å². The first-order chi connectivity index (χ1) is 16.8. The highest BCUT2D eigenvalue weighted by atomic mass is 35.5. The van der Waals surface area contributed by atoms with Crippen molar-refractivity contribution >= 4 is 56.1 Å². The number of ether oxygens (including phenoxy) is 1. The second kappa shape index (κ2) is 11.0. The maximum absolute atomic E-state index is 13.4. The SMILES string of the molecule is COc1ccc(NC(=O)C[C@@H]2SC(=NS(=O)(=O)c3ccc(Cl)cc3)N(C3CCCCC3)C2=O)cc1. The molecule has 11 heteroatoms. The number of hydrogen-bond acceptors (Lipinski definition) is 6. The summed E-state index contributed by atoms with van der Waals surface area (Å²) in [6.07, 6.45) is 4.44. The Morgan fingerprint density at radius 1 is 1.11 bits per heavy atom. The molecule has 2 aromatic carbocycles. The Labute approximate surface area is 214 Å². The molecular weight excluding hydrogens is 510 g/mol. The van der Waals surface area contributed by atoms with Crippen LogP contribution in [0.15, 0.2) is 57.8 Å². The highest BCUT2D eigenvalue weighted by Crippen LogP contribution is 2.36. The first-order valence-corrected chi connectivity index (χ1v) is 14.0. The van der Waals surface area contributed by atoms with Crippen molar-refractivity contribution in [1.29, 1.82) is 0 Å². The van der Waals surface area contributed by atoms with Gasteiger partial charge in [-0.3, -0.25) is 14.5 Å². The predicted molar refractivity (Wildman–Crippen MR) is 137 cm³/mol. The Bertz CT molecular complexity index is 1210. The first kappa shape index (κ1) is 25.5. The van der Waals surface area contributed by atoms with E-state index in [2.05, 4.69) is 9.71 Å². The van der Waals surface area contributed by atoms with Crippen LogP contribution in [0.5, 0.6) is 5.75 Å². The molecular formula is C24H26ClN3O5S2. The van der Waals surface area contributed by atoms with Crippen LogP contribution in [0.4, 0.5) is 5.69 Å². The molecule has 35 heavy (non-hydrogen) atoms. The van der Waals surface area contributed by atoms with Crippen LogP contribution in [0.3, 0.4) is 0 Å². The fourth-order valence-corrected chi connectivity index (χ4v) is 6.70. The third kappa shape index (κ3) is 6.17. The second-order valence-corrected chi connectivity index (χ2v) is 11.6. The molecule has 8 nitrogen and oxygen atoms in total. The normalized spacial score (nSPS) is 20.3. The van der Waals surface area contributed by atoms with Crippen molar-refractivity contribution in [3.8, 4) is 5.75 Å². The summed E-state index contributed by atoms with van der Waals surface area (Å²) in [5.41, 5.74) is 0.578. The van der Waals surface area contributed by atoms with Crippen molar-refractivity contribution < 1.29 is 22.7 Å². The van der Waals surface area contributed by atoms with Crippen LogP contribution >= 0.6 is 23.4 Å². The molecule has 4 rings (SSSR count). The van der Waals surface area contributed by atoms with Crippen LogP contribution in [0.1, 0.15) is 38.5 Å². The summed E-state index contributed by atoms with van der Waals surface area (Å²) in [6, 6.07) is 12.5. The summed E-state index contributed by atoms with van der Waals surface area (Å²) < 4.78 is 35.1. The maximum atomic E-state index is 13.4. The number of benzene rings is 2. The molecule has 1 saturated heterocycles. The molecule has 2 aromatic rings. The van der Waals surface area contributed by atoms with Gasteiger partial charge in [0.2, 0.25) is 11.8 Å². The van der Waals surface area contributed by atoms with Gasteiger partial charge in [0.15, 0.2) is 5.17 Å². The zero-order valence-electron chi connectivity index (χ0n) is 19.1.